The number of carbonyl (C=O) groups is 1. The number of para-hydroxylation sites is 1. The van der Waals surface area contributed by atoms with Gasteiger partial charge in [-0.1, -0.05) is 47.8 Å². The predicted molar refractivity (Wildman–Crippen MR) is 142 cm³/mol. The molecular formula is C26H24Cl3FN4O. The summed E-state index contributed by atoms with van der Waals surface area (Å²) in [6.45, 7) is 7.05. The highest BCUT2D eigenvalue weighted by atomic mass is 35.5. The number of nitrogens with one attached hydrogen (secondary N) is 1. The molecule has 5 rings (SSSR count). The first-order chi connectivity index (χ1) is 16.9. The van der Waals surface area contributed by atoms with Gasteiger partial charge in [-0.05, 0) is 54.6 Å². The molecule has 0 atom stereocenters. The van der Waals surface area contributed by atoms with E-state index in [-0.39, 0.29) is 6.03 Å². The van der Waals surface area contributed by atoms with Crippen molar-refractivity contribution in [3.8, 4) is 11.1 Å². The molecule has 3 aromatic rings. The maximum Gasteiger partial charge on any atom is 0.326 e. The van der Waals surface area contributed by atoms with Crippen molar-refractivity contribution >= 4 is 57.9 Å². The molecule has 0 radical (unpaired) electrons. The first-order valence-corrected chi connectivity index (χ1v) is 12.6. The van der Waals surface area contributed by atoms with Crippen molar-refractivity contribution in [3.63, 3.8) is 0 Å². The van der Waals surface area contributed by atoms with E-state index in [0.29, 0.717) is 38.6 Å². The Bertz CT molecular complexity index is 1270. The molecule has 0 unspecified atom stereocenters. The summed E-state index contributed by atoms with van der Waals surface area (Å²) in [5.41, 5.74) is 4.42. The second kappa shape index (κ2) is 9.86. The average molecular weight is 534 g/mol. The molecule has 35 heavy (non-hydrogen) atoms. The second-order valence-electron chi connectivity index (χ2n) is 8.60. The van der Waals surface area contributed by atoms with Crippen molar-refractivity contribution in [3.05, 3.63) is 75.0 Å². The lowest BCUT2D eigenvalue weighted by atomic mass is 9.94. The molecule has 182 valence electrons. The number of benzene rings is 3. The highest BCUT2D eigenvalue weighted by Gasteiger charge is 2.32. The standard InChI is InChI=1S/C26H24Cl3FN4O/c1-2-32-8-10-33(11-9-32)17-13-19(18-7-6-16(30)12-23(18)29)20-15-31-26(35)34(24(20)14-17)25-21(27)4-3-5-22(25)28/h3-7,12-14H,2,8-11,15H2,1H3,(H,31,35). The molecule has 9 heteroatoms. The zero-order chi connectivity index (χ0) is 24.7. The summed E-state index contributed by atoms with van der Waals surface area (Å²) in [5, 5.41) is 3.96. The monoisotopic (exact) mass is 532 g/mol. The van der Waals surface area contributed by atoms with Gasteiger partial charge in [0.2, 0.25) is 0 Å². The summed E-state index contributed by atoms with van der Waals surface area (Å²) in [4.78, 5) is 19.4. The number of hydrogen-bond donors (Lipinski definition) is 1. The van der Waals surface area contributed by atoms with Gasteiger partial charge >= 0.3 is 6.03 Å². The third kappa shape index (κ3) is 4.56. The van der Waals surface area contributed by atoms with Gasteiger partial charge in [0, 0.05) is 49.5 Å². The van der Waals surface area contributed by atoms with Crippen LogP contribution in [0.5, 0.6) is 0 Å². The number of fused-ring (bicyclic) bond motifs is 1. The number of nitrogens with zero attached hydrogens (tertiary/aromatic N) is 3. The fraction of sp³-hybridized carbons (Fsp3) is 0.269. The SMILES string of the molecule is CCN1CCN(c2cc(-c3ccc(F)cc3Cl)c3c(c2)N(c2c(Cl)cccc2Cl)C(=O)NC3)CC1. The molecule has 0 saturated carbocycles. The van der Waals surface area contributed by atoms with Crippen molar-refractivity contribution < 1.29 is 9.18 Å². The van der Waals surface area contributed by atoms with Crippen LogP contribution in [0.4, 0.5) is 26.2 Å². The summed E-state index contributed by atoms with van der Waals surface area (Å²) >= 11 is 19.6. The van der Waals surface area contributed by atoms with E-state index in [1.807, 2.05) is 6.07 Å². The van der Waals surface area contributed by atoms with Gasteiger partial charge in [-0.2, -0.15) is 0 Å². The summed E-state index contributed by atoms with van der Waals surface area (Å²) in [5.74, 6) is -0.405. The van der Waals surface area contributed by atoms with E-state index in [1.54, 1.807) is 24.3 Å². The van der Waals surface area contributed by atoms with Crippen LogP contribution in [0.2, 0.25) is 15.1 Å². The third-order valence-corrected chi connectivity index (χ3v) is 7.56. The minimum absolute atomic E-state index is 0.291. The highest BCUT2D eigenvalue weighted by Crippen LogP contribution is 2.46. The van der Waals surface area contributed by atoms with Crippen molar-refractivity contribution in [2.45, 2.75) is 13.5 Å². The molecule has 3 aromatic carbocycles. The Morgan fingerprint density at radius 3 is 2.29 bits per heavy atom. The Morgan fingerprint density at radius 1 is 0.914 bits per heavy atom. The van der Waals surface area contributed by atoms with Gasteiger partial charge in [0.05, 0.1) is 26.4 Å². The molecule has 0 aliphatic carbocycles. The van der Waals surface area contributed by atoms with E-state index in [4.69, 9.17) is 34.8 Å². The lowest BCUT2D eigenvalue weighted by molar-refractivity contribution is 0.247. The van der Waals surface area contributed by atoms with E-state index < -0.39 is 5.82 Å². The number of carbonyl (C=O) groups excluding carboxylic acids is 1. The number of piperazine rings is 1. The van der Waals surface area contributed by atoms with E-state index >= 15 is 0 Å². The van der Waals surface area contributed by atoms with Crippen LogP contribution in [0.3, 0.4) is 0 Å². The van der Waals surface area contributed by atoms with Gasteiger partial charge in [0.25, 0.3) is 0 Å². The first kappa shape index (κ1) is 24.2. The van der Waals surface area contributed by atoms with Crippen molar-refractivity contribution in [2.75, 3.05) is 42.5 Å². The molecule has 0 aromatic heterocycles. The number of urea groups is 1. The summed E-state index contributed by atoms with van der Waals surface area (Å²) in [6.07, 6.45) is 0. The van der Waals surface area contributed by atoms with E-state index in [9.17, 15) is 9.18 Å². The molecule has 1 N–H and O–H groups in total. The third-order valence-electron chi connectivity index (χ3n) is 6.64. The van der Waals surface area contributed by atoms with Crippen LogP contribution in [0, 0.1) is 5.82 Å². The van der Waals surface area contributed by atoms with Crippen molar-refractivity contribution in [2.24, 2.45) is 0 Å². The van der Waals surface area contributed by atoms with Gasteiger partial charge in [0.15, 0.2) is 0 Å². The van der Waals surface area contributed by atoms with Crippen molar-refractivity contribution in [1.82, 2.24) is 10.2 Å². The second-order valence-corrected chi connectivity index (χ2v) is 9.82. The Morgan fingerprint density at radius 2 is 1.63 bits per heavy atom. The average Bonchev–Trinajstić information content (AvgIpc) is 2.84. The molecule has 5 nitrogen and oxygen atoms in total. The lowest BCUT2D eigenvalue weighted by Gasteiger charge is -2.38. The number of rotatable bonds is 4. The summed E-state index contributed by atoms with van der Waals surface area (Å²) < 4.78 is 13.9. The highest BCUT2D eigenvalue weighted by molar-refractivity contribution is 6.40. The molecule has 0 bridgehead atoms. The van der Waals surface area contributed by atoms with Gasteiger partial charge < -0.3 is 15.1 Å². The molecule has 1 saturated heterocycles. The number of hydrogen-bond acceptors (Lipinski definition) is 3. The van der Waals surface area contributed by atoms with E-state index in [2.05, 4.69) is 28.1 Å². The minimum Gasteiger partial charge on any atom is -0.369 e. The number of likely N-dealkylation sites (N-methyl/N-ethyl adjacent to an activating group) is 1. The zero-order valence-corrected chi connectivity index (χ0v) is 21.4. The molecule has 2 aliphatic heterocycles. The molecule has 0 spiro atoms. The molecule has 2 heterocycles. The van der Waals surface area contributed by atoms with Crippen LogP contribution in [0.1, 0.15) is 12.5 Å². The van der Waals surface area contributed by atoms with Crippen LogP contribution in [0.15, 0.2) is 48.5 Å². The normalized spacial score (nSPS) is 16.3. The first-order valence-electron chi connectivity index (χ1n) is 11.5. The Balaban J connectivity index is 1.72. The fourth-order valence-electron chi connectivity index (χ4n) is 4.76. The summed E-state index contributed by atoms with van der Waals surface area (Å²) in [6, 6.07) is 13.3. The lowest BCUT2D eigenvalue weighted by Crippen LogP contribution is -2.46. The van der Waals surface area contributed by atoms with Gasteiger partial charge in [-0.3, -0.25) is 4.90 Å². The van der Waals surface area contributed by atoms with Gasteiger partial charge in [-0.15, -0.1) is 0 Å². The number of halogens is 4. The maximum absolute atomic E-state index is 13.9. The summed E-state index contributed by atoms with van der Waals surface area (Å²) in [7, 11) is 0. The molecule has 2 amide bonds. The maximum atomic E-state index is 13.9. The van der Waals surface area contributed by atoms with Crippen LogP contribution < -0.4 is 15.1 Å². The van der Waals surface area contributed by atoms with Crippen LogP contribution in [0.25, 0.3) is 11.1 Å². The topological polar surface area (TPSA) is 38.8 Å². The minimum atomic E-state index is -0.405. The van der Waals surface area contributed by atoms with E-state index in [1.165, 1.54) is 17.0 Å². The van der Waals surface area contributed by atoms with Crippen LogP contribution in [-0.2, 0) is 6.54 Å². The fourth-order valence-corrected chi connectivity index (χ4v) is 5.59. The quantitative estimate of drug-likeness (QED) is 0.394. The van der Waals surface area contributed by atoms with E-state index in [0.717, 1.165) is 49.5 Å². The number of amides is 2. The largest absolute Gasteiger partial charge is 0.369 e. The Labute approximate surface area is 219 Å². The Hall–Kier alpha value is -2.51. The van der Waals surface area contributed by atoms with Crippen LogP contribution in [-0.4, -0.2) is 43.7 Å². The smallest absolute Gasteiger partial charge is 0.326 e. The Kier molecular flexibility index (Phi) is 6.82. The molecular weight excluding hydrogens is 510 g/mol. The molecule has 1 fully saturated rings. The van der Waals surface area contributed by atoms with Gasteiger partial charge in [0.1, 0.15) is 5.82 Å². The van der Waals surface area contributed by atoms with Crippen molar-refractivity contribution in [1.29, 1.82) is 0 Å². The predicted octanol–water partition coefficient (Wildman–Crippen LogP) is 6.96. The molecule has 2 aliphatic rings. The number of anilines is 3. The van der Waals surface area contributed by atoms with Gasteiger partial charge in [-0.25, -0.2) is 9.18 Å². The zero-order valence-electron chi connectivity index (χ0n) is 19.1. The van der Waals surface area contributed by atoms with Crippen LogP contribution >= 0.6 is 34.8 Å².